The fourth-order valence-electron chi connectivity index (χ4n) is 3.32. The largest absolute Gasteiger partial charge is 0.499 e. The van der Waals surface area contributed by atoms with Crippen LogP contribution >= 0.6 is 0 Å². The Morgan fingerprint density at radius 2 is 0.880 bits per heavy atom. The fourth-order valence-corrected chi connectivity index (χ4v) is 3.32. The van der Waals surface area contributed by atoms with Crippen LogP contribution in [-0.2, 0) is 4.74 Å². The van der Waals surface area contributed by atoms with Gasteiger partial charge in [0, 0.05) is 0 Å². The quantitative estimate of drug-likeness (QED) is 0.157. The van der Waals surface area contributed by atoms with E-state index in [2.05, 4.69) is 6.92 Å². The molecule has 1 nitrogen and oxygen atoms in total. The summed E-state index contributed by atoms with van der Waals surface area (Å²) in [7, 11) is 0. The van der Waals surface area contributed by atoms with E-state index in [1.807, 2.05) is 19.9 Å². The molecule has 0 radical (unpaired) electrons. The Labute approximate surface area is 160 Å². The van der Waals surface area contributed by atoms with Crippen LogP contribution in [0.1, 0.15) is 136 Å². The van der Waals surface area contributed by atoms with E-state index in [1.165, 1.54) is 116 Å². The summed E-state index contributed by atoms with van der Waals surface area (Å²) >= 11 is 0. The maximum Gasteiger partial charge on any atom is 0.0886 e. The first-order valence-electron chi connectivity index (χ1n) is 11.6. The molecule has 0 aromatic heterocycles. The number of allylic oxidation sites excluding steroid dienone is 2. The van der Waals surface area contributed by atoms with Gasteiger partial charge in [0.1, 0.15) is 0 Å². The molecule has 0 rings (SSSR count). The van der Waals surface area contributed by atoms with Gasteiger partial charge in [-0.15, -0.1) is 0 Å². The van der Waals surface area contributed by atoms with E-state index in [0.717, 1.165) is 12.4 Å². The van der Waals surface area contributed by atoms with Crippen molar-refractivity contribution in [2.24, 2.45) is 0 Å². The molecule has 0 unspecified atom stereocenters. The minimum absolute atomic E-state index is 0.898. The third-order valence-electron chi connectivity index (χ3n) is 5.23. The number of hydrogen-bond donors (Lipinski definition) is 0. The van der Waals surface area contributed by atoms with Crippen LogP contribution in [0.25, 0.3) is 0 Å². The van der Waals surface area contributed by atoms with E-state index in [-0.39, 0.29) is 0 Å². The van der Waals surface area contributed by atoms with Crippen LogP contribution in [0, 0.1) is 0 Å². The summed E-state index contributed by atoms with van der Waals surface area (Å²) in [4.78, 5) is 0. The molecule has 0 N–H and O–H groups in total. The molecular formula is C24H48O. The molecule has 0 saturated heterocycles. The standard InChI is InChI=1S/C24H48O/c1-4-6-7-8-9-10-11-12-13-14-15-16-17-18-19-20-21-22-23-25-24(3)5-2/h5H,4,6-23H2,1-3H3. The van der Waals surface area contributed by atoms with Gasteiger partial charge >= 0.3 is 0 Å². The first-order valence-corrected chi connectivity index (χ1v) is 11.6. The smallest absolute Gasteiger partial charge is 0.0886 e. The van der Waals surface area contributed by atoms with Crippen molar-refractivity contribution in [3.63, 3.8) is 0 Å². The second-order valence-corrected chi connectivity index (χ2v) is 7.76. The van der Waals surface area contributed by atoms with Gasteiger partial charge in [0.15, 0.2) is 0 Å². The topological polar surface area (TPSA) is 9.23 Å². The van der Waals surface area contributed by atoms with Gasteiger partial charge in [-0.25, -0.2) is 0 Å². The fraction of sp³-hybridized carbons (Fsp3) is 0.917. The molecule has 0 fully saturated rings. The molecule has 0 aliphatic carbocycles. The van der Waals surface area contributed by atoms with Crippen LogP contribution in [0.2, 0.25) is 0 Å². The Hall–Kier alpha value is -0.460. The van der Waals surface area contributed by atoms with Crippen molar-refractivity contribution in [3.05, 3.63) is 11.8 Å². The molecule has 0 saturated carbocycles. The molecular weight excluding hydrogens is 304 g/mol. The normalized spacial score (nSPS) is 11.9. The van der Waals surface area contributed by atoms with Crippen molar-refractivity contribution >= 4 is 0 Å². The van der Waals surface area contributed by atoms with E-state index in [1.54, 1.807) is 0 Å². The first kappa shape index (κ1) is 24.5. The molecule has 0 aliphatic heterocycles. The lowest BCUT2D eigenvalue weighted by Gasteiger charge is -2.06. The average Bonchev–Trinajstić information content (AvgIpc) is 2.63. The van der Waals surface area contributed by atoms with Crippen LogP contribution in [0.3, 0.4) is 0 Å². The highest BCUT2D eigenvalue weighted by molar-refractivity contribution is 4.83. The summed E-state index contributed by atoms with van der Waals surface area (Å²) in [6, 6.07) is 0. The first-order chi connectivity index (χ1) is 12.3. The average molecular weight is 353 g/mol. The Morgan fingerprint density at radius 3 is 1.20 bits per heavy atom. The minimum atomic E-state index is 0.898. The van der Waals surface area contributed by atoms with Crippen LogP contribution in [0.5, 0.6) is 0 Å². The van der Waals surface area contributed by atoms with Crippen molar-refractivity contribution in [2.75, 3.05) is 6.61 Å². The highest BCUT2D eigenvalue weighted by Gasteiger charge is 1.95. The lowest BCUT2D eigenvalue weighted by Crippen LogP contribution is -1.92. The molecule has 0 aliphatic rings. The van der Waals surface area contributed by atoms with Gasteiger partial charge in [0.25, 0.3) is 0 Å². The van der Waals surface area contributed by atoms with Crippen LogP contribution < -0.4 is 0 Å². The Bertz CT molecular complexity index is 269. The van der Waals surface area contributed by atoms with Crippen molar-refractivity contribution in [1.29, 1.82) is 0 Å². The maximum absolute atomic E-state index is 5.58. The Morgan fingerprint density at radius 1 is 0.560 bits per heavy atom. The second-order valence-electron chi connectivity index (χ2n) is 7.76. The summed E-state index contributed by atoms with van der Waals surface area (Å²) in [6.07, 6.45) is 27.8. The third-order valence-corrected chi connectivity index (χ3v) is 5.23. The molecule has 25 heavy (non-hydrogen) atoms. The predicted molar refractivity (Wildman–Crippen MR) is 114 cm³/mol. The molecule has 150 valence electrons. The predicted octanol–water partition coefficient (Wildman–Crippen LogP) is 8.97. The SMILES string of the molecule is CC=C(C)OCCCCCCCCCCCCCCCCCCCC. The van der Waals surface area contributed by atoms with Crippen molar-refractivity contribution < 1.29 is 4.74 Å². The highest BCUT2D eigenvalue weighted by Crippen LogP contribution is 2.14. The molecule has 0 atom stereocenters. The zero-order valence-electron chi connectivity index (χ0n) is 17.9. The molecule has 0 bridgehead atoms. The highest BCUT2D eigenvalue weighted by atomic mass is 16.5. The van der Waals surface area contributed by atoms with Gasteiger partial charge in [-0.2, -0.15) is 0 Å². The van der Waals surface area contributed by atoms with Gasteiger partial charge < -0.3 is 4.74 Å². The minimum Gasteiger partial charge on any atom is -0.499 e. The van der Waals surface area contributed by atoms with Crippen molar-refractivity contribution in [1.82, 2.24) is 0 Å². The van der Waals surface area contributed by atoms with Crippen LogP contribution in [0.4, 0.5) is 0 Å². The summed E-state index contributed by atoms with van der Waals surface area (Å²) in [5.74, 6) is 1.06. The molecule has 0 aromatic rings. The summed E-state index contributed by atoms with van der Waals surface area (Å²) in [5, 5.41) is 0. The lowest BCUT2D eigenvalue weighted by atomic mass is 10.0. The summed E-state index contributed by atoms with van der Waals surface area (Å²) < 4.78 is 5.58. The van der Waals surface area contributed by atoms with Gasteiger partial charge in [-0.1, -0.05) is 122 Å². The molecule has 0 amide bonds. The third kappa shape index (κ3) is 21.5. The summed E-state index contributed by atoms with van der Waals surface area (Å²) in [5.41, 5.74) is 0. The Balaban J connectivity index is 3.00. The van der Waals surface area contributed by atoms with Gasteiger partial charge in [-0.05, 0) is 20.3 Å². The van der Waals surface area contributed by atoms with E-state index in [4.69, 9.17) is 4.74 Å². The molecule has 1 heteroatoms. The van der Waals surface area contributed by atoms with Gasteiger partial charge in [0.2, 0.25) is 0 Å². The van der Waals surface area contributed by atoms with E-state index in [0.29, 0.717) is 0 Å². The number of hydrogen-bond acceptors (Lipinski definition) is 1. The summed E-state index contributed by atoms with van der Waals surface area (Å²) in [6.45, 7) is 7.26. The lowest BCUT2D eigenvalue weighted by molar-refractivity contribution is 0.206. The number of unbranched alkanes of at least 4 members (excludes halogenated alkanes) is 17. The molecule has 0 aromatic carbocycles. The molecule has 0 heterocycles. The van der Waals surface area contributed by atoms with Crippen molar-refractivity contribution in [2.45, 2.75) is 136 Å². The maximum atomic E-state index is 5.58. The van der Waals surface area contributed by atoms with E-state index in [9.17, 15) is 0 Å². The van der Waals surface area contributed by atoms with Crippen LogP contribution in [-0.4, -0.2) is 6.61 Å². The zero-order valence-corrected chi connectivity index (χ0v) is 17.9. The van der Waals surface area contributed by atoms with Gasteiger partial charge in [0.05, 0.1) is 12.4 Å². The van der Waals surface area contributed by atoms with Crippen molar-refractivity contribution in [3.8, 4) is 0 Å². The van der Waals surface area contributed by atoms with Gasteiger partial charge in [-0.3, -0.25) is 0 Å². The zero-order chi connectivity index (χ0) is 18.4. The molecule has 0 spiro atoms. The number of ether oxygens (including phenoxy) is 1. The van der Waals surface area contributed by atoms with E-state index >= 15 is 0 Å². The van der Waals surface area contributed by atoms with E-state index < -0.39 is 0 Å². The monoisotopic (exact) mass is 352 g/mol. The number of rotatable bonds is 20. The second kappa shape index (κ2) is 21.6. The Kier molecular flexibility index (Phi) is 21.2. The van der Waals surface area contributed by atoms with Crippen LogP contribution in [0.15, 0.2) is 11.8 Å².